The SMILES string of the molecule is Nc1ccccc1CCC(=O)NC1C=CC(C(=O)O)C1. The Morgan fingerprint density at radius 2 is 2.05 bits per heavy atom. The summed E-state index contributed by atoms with van der Waals surface area (Å²) in [5.74, 6) is -1.44. The summed E-state index contributed by atoms with van der Waals surface area (Å²) in [6.07, 6.45) is 4.72. The lowest BCUT2D eigenvalue weighted by molar-refractivity contribution is -0.140. The van der Waals surface area contributed by atoms with Crippen LogP contribution in [0.25, 0.3) is 0 Å². The van der Waals surface area contributed by atoms with Crippen LogP contribution in [0, 0.1) is 5.92 Å². The number of nitrogens with two attached hydrogens (primary N) is 1. The lowest BCUT2D eigenvalue weighted by Gasteiger charge is -2.12. The highest BCUT2D eigenvalue weighted by Crippen LogP contribution is 2.18. The Morgan fingerprint density at radius 1 is 1.30 bits per heavy atom. The second kappa shape index (κ2) is 6.23. The molecule has 5 heteroatoms. The topological polar surface area (TPSA) is 92.4 Å². The maximum Gasteiger partial charge on any atom is 0.310 e. The summed E-state index contributed by atoms with van der Waals surface area (Å²) in [6.45, 7) is 0. The number of rotatable bonds is 5. The van der Waals surface area contributed by atoms with Crippen molar-refractivity contribution in [2.24, 2.45) is 5.92 Å². The monoisotopic (exact) mass is 274 g/mol. The van der Waals surface area contributed by atoms with Crippen LogP contribution in [-0.2, 0) is 16.0 Å². The number of hydrogen-bond donors (Lipinski definition) is 3. The number of aryl methyl sites for hydroxylation is 1. The van der Waals surface area contributed by atoms with Crippen molar-refractivity contribution in [3.8, 4) is 0 Å². The number of nitrogen functional groups attached to an aromatic ring is 1. The molecule has 0 saturated heterocycles. The van der Waals surface area contributed by atoms with E-state index in [1.54, 1.807) is 12.2 Å². The Morgan fingerprint density at radius 3 is 2.70 bits per heavy atom. The maximum absolute atomic E-state index is 11.8. The molecule has 1 aliphatic carbocycles. The van der Waals surface area contributed by atoms with Crippen LogP contribution in [0.15, 0.2) is 36.4 Å². The molecule has 1 aromatic rings. The van der Waals surface area contributed by atoms with Gasteiger partial charge in [-0.25, -0.2) is 0 Å². The number of hydrogen-bond acceptors (Lipinski definition) is 3. The molecule has 106 valence electrons. The van der Waals surface area contributed by atoms with Gasteiger partial charge in [0, 0.05) is 18.2 Å². The molecule has 0 radical (unpaired) electrons. The van der Waals surface area contributed by atoms with Crippen molar-refractivity contribution in [3.05, 3.63) is 42.0 Å². The van der Waals surface area contributed by atoms with Crippen LogP contribution in [0.1, 0.15) is 18.4 Å². The van der Waals surface area contributed by atoms with Crippen molar-refractivity contribution in [2.75, 3.05) is 5.73 Å². The number of benzene rings is 1. The van der Waals surface area contributed by atoms with Gasteiger partial charge in [-0.1, -0.05) is 30.4 Å². The predicted octanol–water partition coefficient (Wildman–Crippen LogP) is 1.35. The van der Waals surface area contributed by atoms with Gasteiger partial charge in [0.15, 0.2) is 0 Å². The number of anilines is 1. The molecule has 0 aliphatic heterocycles. The van der Waals surface area contributed by atoms with Crippen molar-refractivity contribution in [1.29, 1.82) is 0 Å². The minimum atomic E-state index is -0.852. The fraction of sp³-hybridized carbons (Fsp3) is 0.333. The van der Waals surface area contributed by atoms with E-state index < -0.39 is 11.9 Å². The van der Waals surface area contributed by atoms with Crippen LogP contribution in [0.2, 0.25) is 0 Å². The molecule has 20 heavy (non-hydrogen) atoms. The summed E-state index contributed by atoms with van der Waals surface area (Å²) in [5.41, 5.74) is 7.45. The van der Waals surface area contributed by atoms with E-state index in [1.807, 2.05) is 24.3 Å². The molecule has 0 heterocycles. The van der Waals surface area contributed by atoms with E-state index in [9.17, 15) is 9.59 Å². The third-order valence-electron chi connectivity index (χ3n) is 3.42. The lowest BCUT2D eigenvalue weighted by Crippen LogP contribution is -2.33. The van der Waals surface area contributed by atoms with Gasteiger partial charge in [0.25, 0.3) is 0 Å². The van der Waals surface area contributed by atoms with E-state index in [2.05, 4.69) is 5.32 Å². The molecule has 1 amide bonds. The Balaban J connectivity index is 1.78. The highest BCUT2D eigenvalue weighted by atomic mass is 16.4. The number of carboxylic acid groups (broad SMARTS) is 1. The molecule has 0 bridgehead atoms. The van der Waals surface area contributed by atoms with E-state index >= 15 is 0 Å². The molecular weight excluding hydrogens is 256 g/mol. The van der Waals surface area contributed by atoms with Crippen LogP contribution >= 0.6 is 0 Å². The molecule has 0 fully saturated rings. The highest BCUT2D eigenvalue weighted by molar-refractivity contribution is 5.78. The molecule has 0 aromatic heterocycles. The standard InChI is InChI=1S/C15H18N2O3/c16-13-4-2-1-3-10(13)6-8-14(18)17-12-7-5-11(9-12)15(19)20/h1-5,7,11-12H,6,8-9,16H2,(H,17,18)(H,19,20). The summed E-state index contributed by atoms with van der Waals surface area (Å²) in [7, 11) is 0. The Bertz CT molecular complexity index is 540. The van der Waals surface area contributed by atoms with Crippen LogP contribution < -0.4 is 11.1 Å². The zero-order valence-electron chi connectivity index (χ0n) is 11.1. The van der Waals surface area contributed by atoms with E-state index in [0.29, 0.717) is 24.9 Å². The minimum absolute atomic E-state index is 0.0889. The summed E-state index contributed by atoms with van der Waals surface area (Å²) >= 11 is 0. The smallest absolute Gasteiger partial charge is 0.310 e. The second-order valence-electron chi connectivity index (χ2n) is 4.94. The average Bonchev–Trinajstić information content (AvgIpc) is 2.86. The zero-order valence-corrected chi connectivity index (χ0v) is 11.1. The normalized spacial score (nSPS) is 20.8. The first kappa shape index (κ1) is 14.1. The lowest BCUT2D eigenvalue weighted by atomic mass is 10.1. The van der Waals surface area contributed by atoms with Gasteiger partial charge in [-0.05, 0) is 24.5 Å². The predicted molar refractivity (Wildman–Crippen MR) is 76.0 cm³/mol. The number of nitrogens with one attached hydrogen (secondary N) is 1. The molecule has 5 nitrogen and oxygen atoms in total. The summed E-state index contributed by atoms with van der Waals surface area (Å²) in [6, 6.07) is 7.27. The van der Waals surface area contributed by atoms with Crippen LogP contribution in [0.5, 0.6) is 0 Å². The highest BCUT2D eigenvalue weighted by Gasteiger charge is 2.25. The Hall–Kier alpha value is -2.30. The van der Waals surface area contributed by atoms with Crippen LogP contribution in [-0.4, -0.2) is 23.0 Å². The second-order valence-corrected chi connectivity index (χ2v) is 4.94. The molecule has 2 rings (SSSR count). The van der Waals surface area contributed by atoms with Gasteiger partial charge in [-0.2, -0.15) is 0 Å². The first-order valence-electron chi connectivity index (χ1n) is 6.60. The minimum Gasteiger partial charge on any atom is -0.481 e. The molecular formula is C15H18N2O3. The molecule has 2 unspecified atom stereocenters. The van der Waals surface area contributed by atoms with Crippen molar-refractivity contribution in [3.63, 3.8) is 0 Å². The Kier molecular flexibility index (Phi) is 4.40. The first-order valence-corrected chi connectivity index (χ1v) is 6.60. The van der Waals surface area contributed by atoms with Crippen LogP contribution in [0.4, 0.5) is 5.69 Å². The van der Waals surface area contributed by atoms with Gasteiger partial charge in [-0.15, -0.1) is 0 Å². The maximum atomic E-state index is 11.8. The van der Waals surface area contributed by atoms with Gasteiger partial charge in [0.2, 0.25) is 5.91 Å². The third-order valence-corrected chi connectivity index (χ3v) is 3.42. The average molecular weight is 274 g/mol. The molecule has 0 saturated carbocycles. The van der Waals surface area contributed by atoms with Crippen LogP contribution in [0.3, 0.4) is 0 Å². The molecule has 4 N–H and O–H groups in total. The van der Waals surface area contributed by atoms with E-state index in [1.165, 1.54) is 0 Å². The van der Waals surface area contributed by atoms with Gasteiger partial charge in [-0.3, -0.25) is 9.59 Å². The fourth-order valence-corrected chi connectivity index (χ4v) is 2.28. The first-order chi connectivity index (χ1) is 9.56. The quantitative estimate of drug-likeness (QED) is 0.558. The summed E-state index contributed by atoms with van der Waals surface area (Å²) in [5, 5.41) is 11.7. The van der Waals surface area contributed by atoms with E-state index in [4.69, 9.17) is 10.8 Å². The Labute approximate surface area is 117 Å². The van der Waals surface area contributed by atoms with Gasteiger partial charge in [0.05, 0.1) is 5.92 Å². The number of carbonyl (C=O) groups excluding carboxylic acids is 1. The summed E-state index contributed by atoms with van der Waals surface area (Å²) in [4.78, 5) is 22.6. The summed E-state index contributed by atoms with van der Waals surface area (Å²) < 4.78 is 0. The zero-order chi connectivity index (χ0) is 14.5. The number of para-hydroxylation sites is 1. The van der Waals surface area contributed by atoms with Gasteiger partial charge >= 0.3 is 5.97 Å². The van der Waals surface area contributed by atoms with Crippen molar-refractivity contribution >= 4 is 17.6 Å². The van der Waals surface area contributed by atoms with E-state index in [0.717, 1.165) is 5.56 Å². The van der Waals surface area contributed by atoms with Crippen molar-refractivity contribution in [1.82, 2.24) is 5.32 Å². The molecule has 1 aromatic carbocycles. The van der Waals surface area contributed by atoms with Crippen molar-refractivity contribution < 1.29 is 14.7 Å². The molecule has 1 aliphatic rings. The number of aliphatic carboxylic acids is 1. The van der Waals surface area contributed by atoms with Crippen molar-refractivity contribution in [2.45, 2.75) is 25.3 Å². The van der Waals surface area contributed by atoms with Gasteiger partial charge < -0.3 is 16.2 Å². The van der Waals surface area contributed by atoms with Gasteiger partial charge in [0.1, 0.15) is 0 Å². The number of carboxylic acids is 1. The largest absolute Gasteiger partial charge is 0.481 e. The van der Waals surface area contributed by atoms with E-state index in [-0.39, 0.29) is 11.9 Å². The number of carbonyl (C=O) groups is 2. The fourth-order valence-electron chi connectivity index (χ4n) is 2.28. The molecule has 0 spiro atoms. The molecule has 2 atom stereocenters. The number of amides is 1. The third kappa shape index (κ3) is 3.60.